The molecule has 0 unspecified atom stereocenters. The predicted molar refractivity (Wildman–Crippen MR) is 136 cm³/mol. The van der Waals surface area contributed by atoms with Crippen LogP contribution in [0.15, 0.2) is 71.9 Å². The Morgan fingerprint density at radius 3 is 2.56 bits per heavy atom. The van der Waals surface area contributed by atoms with Gasteiger partial charge in [-0.15, -0.1) is 10.2 Å². The van der Waals surface area contributed by atoms with Crippen molar-refractivity contribution in [1.82, 2.24) is 14.8 Å². The third kappa shape index (κ3) is 5.50. The Kier molecular flexibility index (Phi) is 7.15. The van der Waals surface area contributed by atoms with Gasteiger partial charge in [0.05, 0.1) is 12.9 Å². The van der Waals surface area contributed by atoms with Gasteiger partial charge in [0, 0.05) is 22.5 Å². The number of methoxy groups -OCH3 is 1. The van der Waals surface area contributed by atoms with E-state index in [1.54, 1.807) is 49.6 Å². The molecular weight excluding hydrogens is 504 g/mol. The second-order valence-corrected chi connectivity index (χ2v) is 8.96. The van der Waals surface area contributed by atoms with Gasteiger partial charge in [0.25, 0.3) is 0 Å². The predicted octanol–water partition coefficient (Wildman–Crippen LogP) is 4.97. The van der Waals surface area contributed by atoms with E-state index in [2.05, 4.69) is 15.5 Å². The van der Waals surface area contributed by atoms with Crippen LogP contribution in [0.2, 0.25) is 5.02 Å². The fraction of sp³-hybridized carbons (Fsp3) is 0.160. The molecule has 4 aromatic rings. The van der Waals surface area contributed by atoms with Crippen LogP contribution in [-0.4, -0.2) is 40.3 Å². The molecule has 1 aliphatic heterocycles. The zero-order valence-corrected chi connectivity index (χ0v) is 20.7. The van der Waals surface area contributed by atoms with Crippen LogP contribution < -0.4 is 24.3 Å². The standard InChI is InChI=1S/C25H21ClN4O5S/c1-32-19-9-5-18(6-10-19)30-23(13-33-20-7-2-16(26)3-8-20)28-29-25(30)36-14-24(31)27-17-4-11-21-22(12-17)35-15-34-21/h2-12H,13-15H2,1H3,(H,27,31). The highest BCUT2D eigenvalue weighted by Gasteiger charge is 2.18. The minimum absolute atomic E-state index is 0.126. The van der Waals surface area contributed by atoms with Gasteiger partial charge in [-0.05, 0) is 60.7 Å². The first-order valence-electron chi connectivity index (χ1n) is 10.9. The molecule has 0 saturated carbocycles. The number of nitrogens with zero attached hydrogens (tertiary/aromatic N) is 3. The fourth-order valence-electron chi connectivity index (χ4n) is 3.46. The first kappa shape index (κ1) is 23.8. The lowest BCUT2D eigenvalue weighted by atomic mass is 10.3. The highest BCUT2D eigenvalue weighted by Crippen LogP contribution is 2.34. The summed E-state index contributed by atoms with van der Waals surface area (Å²) in [6.45, 7) is 0.346. The lowest BCUT2D eigenvalue weighted by molar-refractivity contribution is -0.113. The highest BCUT2D eigenvalue weighted by molar-refractivity contribution is 7.99. The van der Waals surface area contributed by atoms with Crippen LogP contribution in [0.25, 0.3) is 5.69 Å². The molecule has 36 heavy (non-hydrogen) atoms. The van der Waals surface area contributed by atoms with Crippen molar-refractivity contribution >= 4 is 35.0 Å². The van der Waals surface area contributed by atoms with Gasteiger partial charge in [0.1, 0.15) is 18.1 Å². The number of aromatic nitrogens is 3. The van der Waals surface area contributed by atoms with Crippen molar-refractivity contribution in [2.45, 2.75) is 11.8 Å². The minimum atomic E-state index is -0.192. The molecule has 9 nitrogen and oxygen atoms in total. The summed E-state index contributed by atoms with van der Waals surface area (Å²) in [5.41, 5.74) is 1.44. The third-order valence-corrected chi connectivity index (χ3v) is 6.38. The van der Waals surface area contributed by atoms with Crippen molar-refractivity contribution in [1.29, 1.82) is 0 Å². The summed E-state index contributed by atoms with van der Waals surface area (Å²) in [5, 5.41) is 12.7. The number of hydrogen-bond acceptors (Lipinski definition) is 8. The zero-order valence-electron chi connectivity index (χ0n) is 19.1. The van der Waals surface area contributed by atoms with Crippen LogP contribution in [0.5, 0.6) is 23.0 Å². The van der Waals surface area contributed by atoms with Gasteiger partial charge >= 0.3 is 0 Å². The number of carbonyl (C=O) groups excluding carboxylic acids is 1. The van der Waals surface area contributed by atoms with E-state index in [0.717, 1.165) is 11.4 Å². The molecule has 1 aliphatic rings. The highest BCUT2D eigenvalue weighted by atomic mass is 35.5. The smallest absolute Gasteiger partial charge is 0.234 e. The summed E-state index contributed by atoms with van der Waals surface area (Å²) in [6, 6.07) is 19.8. The molecule has 0 radical (unpaired) electrons. The Hall–Kier alpha value is -3.89. The molecule has 0 fully saturated rings. The van der Waals surface area contributed by atoms with E-state index >= 15 is 0 Å². The number of fused-ring (bicyclic) bond motifs is 1. The van der Waals surface area contributed by atoms with Crippen molar-refractivity contribution in [3.8, 4) is 28.7 Å². The molecule has 1 N–H and O–H groups in total. The Balaban J connectivity index is 1.31. The second-order valence-electron chi connectivity index (χ2n) is 7.58. The first-order chi connectivity index (χ1) is 17.6. The Morgan fingerprint density at radius 2 is 1.78 bits per heavy atom. The number of rotatable bonds is 9. The first-order valence-corrected chi connectivity index (χ1v) is 12.2. The van der Waals surface area contributed by atoms with E-state index in [0.29, 0.717) is 38.9 Å². The van der Waals surface area contributed by atoms with Crippen LogP contribution in [-0.2, 0) is 11.4 Å². The average Bonchev–Trinajstić information content (AvgIpc) is 3.54. The summed E-state index contributed by atoms with van der Waals surface area (Å²) < 4.78 is 23.7. The number of amides is 1. The third-order valence-electron chi connectivity index (χ3n) is 5.20. The van der Waals surface area contributed by atoms with Crippen LogP contribution in [0, 0.1) is 0 Å². The van der Waals surface area contributed by atoms with Gasteiger partial charge in [-0.3, -0.25) is 9.36 Å². The quantitative estimate of drug-likeness (QED) is 0.307. The number of carbonyl (C=O) groups is 1. The number of hydrogen-bond donors (Lipinski definition) is 1. The van der Waals surface area contributed by atoms with E-state index < -0.39 is 0 Å². The SMILES string of the molecule is COc1ccc(-n2c(COc3ccc(Cl)cc3)nnc2SCC(=O)Nc2ccc3c(c2)OCO3)cc1. The van der Waals surface area contributed by atoms with Crippen LogP contribution in [0.3, 0.4) is 0 Å². The molecule has 184 valence electrons. The lowest BCUT2D eigenvalue weighted by Gasteiger charge is -2.12. The van der Waals surface area contributed by atoms with E-state index in [1.807, 2.05) is 28.8 Å². The molecule has 0 aliphatic carbocycles. The van der Waals surface area contributed by atoms with Gasteiger partial charge in [0.15, 0.2) is 22.5 Å². The van der Waals surface area contributed by atoms with Crippen LogP contribution >= 0.6 is 23.4 Å². The van der Waals surface area contributed by atoms with Crippen molar-refractivity contribution in [2.75, 3.05) is 25.0 Å². The maximum absolute atomic E-state index is 12.6. The summed E-state index contributed by atoms with van der Waals surface area (Å²) in [4.78, 5) is 12.6. The molecule has 5 rings (SSSR count). The monoisotopic (exact) mass is 524 g/mol. The maximum Gasteiger partial charge on any atom is 0.234 e. The van der Waals surface area contributed by atoms with Crippen LogP contribution in [0.1, 0.15) is 5.82 Å². The van der Waals surface area contributed by atoms with Crippen molar-refractivity contribution in [3.05, 3.63) is 77.6 Å². The Bertz CT molecular complexity index is 1360. The number of ether oxygens (including phenoxy) is 4. The summed E-state index contributed by atoms with van der Waals surface area (Å²) >= 11 is 7.23. The summed E-state index contributed by atoms with van der Waals surface area (Å²) in [7, 11) is 1.61. The minimum Gasteiger partial charge on any atom is -0.497 e. The average molecular weight is 525 g/mol. The van der Waals surface area contributed by atoms with Gasteiger partial charge in [-0.2, -0.15) is 0 Å². The molecule has 0 bridgehead atoms. The van der Waals surface area contributed by atoms with E-state index in [4.69, 9.17) is 30.5 Å². The number of thioether (sulfide) groups is 1. The molecular formula is C25H21ClN4O5S. The zero-order chi connectivity index (χ0) is 24.9. The fourth-order valence-corrected chi connectivity index (χ4v) is 4.35. The van der Waals surface area contributed by atoms with Crippen LogP contribution in [0.4, 0.5) is 5.69 Å². The van der Waals surface area contributed by atoms with Gasteiger partial charge < -0.3 is 24.3 Å². The van der Waals surface area contributed by atoms with Crippen molar-refractivity contribution in [3.63, 3.8) is 0 Å². The molecule has 0 atom stereocenters. The molecule has 1 aromatic heterocycles. The maximum atomic E-state index is 12.6. The molecule has 0 spiro atoms. The Morgan fingerprint density at radius 1 is 1.03 bits per heavy atom. The number of benzene rings is 3. The summed E-state index contributed by atoms with van der Waals surface area (Å²) in [6.07, 6.45) is 0. The number of anilines is 1. The van der Waals surface area contributed by atoms with Gasteiger partial charge in [-0.25, -0.2) is 0 Å². The normalized spacial score (nSPS) is 11.8. The van der Waals surface area contributed by atoms with E-state index in [1.165, 1.54) is 11.8 Å². The molecule has 2 heterocycles. The number of nitrogens with one attached hydrogen (secondary N) is 1. The van der Waals surface area contributed by atoms with Crippen molar-refractivity contribution in [2.24, 2.45) is 0 Å². The number of halogens is 1. The van der Waals surface area contributed by atoms with Crippen molar-refractivity contribution < 1.29 is 23.7 Å². The molecule has 1 amide bonds. The van der Waals surface area contributed by atoms with E-state index in [9.17, 15) is 4.79 Å². The molecule has 3 aromatic carbocycles. The van der Waals surface area contributed by atoms with Gasteiger partial charge in [-0.1, -0.05) is 23.4 Å². The molecule has 0 saturated heterocycles. The van der Waals surface area contributed by atoms with Gasteiger partial charge in [0.2, 0.25) is 12.7 Å². The molecule has 11 heteroatoms. The van der Waals surface area contributed by atoms with E-state index in [-0.39, 0.29) is 25.1 Å². The topological polar surface area (TPSA) is 96.7 Å². The lowest BCUT2D eigenvalue weighted by Crippen LogP contribution is -2.14. The Labute approximate surface area is 216 Å². The summed E-state index contributed by atoms with van der Waals surface area (Å²) in [5.74, 6) is 3.15. The largest absolute Gasteiger partial charge is 0.497 e. The second kappa shape index (κ2) is 10.8.